The fraction of sp³-hybridized carbons (Fsp3) is 0.769. The largest absolute Gasteiger partial charge is 0.347 e. The summed E-state index contributed by atoms with van der Waals surface area (Å²) in [6.45, 7) is 9.16. The minimum atomic E-state index is 0.574. The van der Waals surface area contributed by atoms with Gasteiger partial charge in [0.2, 0.25) is 0 Å². The zero-order valence-corrected chi connectivity index (χ0v) is 11.6. The van der Waals surface area contributed by atoms with Crippen LogP contribution in [-0.4, -0.2) is 24.6 Å². The third-order valence-electron chi connectivity index (χ3n) is 4.41. The zero-order valence-electron chi connectivity index (χ0n) is 10.8. The van der Waals surface area contributed by atoms with E-state index in [-0.39, 0.29) is 0 Å². The fourth-order valence-corrected chi connectivity index (χ4v) is 3.92. The summed E-state index contributed by atoms with van der Waals surface area (Å²) in [4.78, 5) is 8.73. The SMILES string of the molecule is CCC1(CC)CN(c2nc3c(s2)CNCC3)C1. The number of hydrogen-bond acceptors (Lipinski definition) is 4. The summed E-state index contributed by atoms with van der Waals surface area (Å²) in [5.74, 6) is 0. The summed E-state index contributed by atoms with van der Waals surface area (Å²) in [6.07, 6.45) is 3.70. The minimum Gasteiger partial charge on any atom is -0.347 e. The van der Waals surface area contributed by atoms with Gasteiger partial charge in [-0.05, 0) is 12.8 Å². The molecule has 2 aliphatic heterocycles. The van der Waals surface area contributed by atoms with E-state index in [1.807, 2.05) is 11.3 Å². The molecule has 0 aliphatic carbocycles. The topological polar surface area (TPSA) is 28.2 Å². The maximum absolute atomic E-state index is 4.81. The van der Waals surface area contributed by atoms with E-state index in [0.29, 0.717) is 5.41 Å². The van der Waals surface area contributed by atoms with Gasteiger partial charge in [-0.1, -0.05) is 13.8 Å². The lowest BCUT2D eigenvalue weighted by atomic mass is 9.75. The molecule has 3 nitrogen and oxygen atoms in total. The Morgan fingerprint density at radius 2 is 2.12 bits per heavy atom. The molecule has 1 aromatic heterocycles. The Morgan fingerprint density at radius 1 is 1.35 bits per heavy atom. The quantitative estimate of drug-likeness (QED) is 0.894. The standard InChI is InChI=1S/C13H21N3S/c1-3-13(4-2)8-16(9-13)12-15-10-5-6-14-7-11(10)17-12/h14H,3-9H2,1-2H3. The van der Waals surface area contributed by atoms with Gasteiger partial charge >= 0.3 is 0 Å². The van der Waals surface area contributed by atoms with Gasteiger partial charge in [0.15, 0.2) is 5.13 Å². The second-order valence-electron chi connectivity index (χ2n) is 5.36. The first kappa shape index (κ1) is 11.5. The molecule has 0 unspecified atom stereocenters. The molecular weight excluding hydrogens is 230 g/mol. The number of anilines is 1. The van der Waals surface area contributed by atoms with Crippen molar-refractivity contribution in [2.24, 2.45) is 5.41 Å². The highest BCUT2D eigenvalue weighted by Crippen LogP contribution is 2.41. The molecule has 0 radical (unpaired) electrons. The van der Waals surface area contributed by atoms with E-state index in [9.17, 15) is 0 Å². The van der Waals surface area contributed by atoms with Crippen LogP contribution in [0.2, 0.25) is 0 Å². The van der Waals surface area contributed by atoms with Gasteiger partial charge in [0.05, 0.1) is 5.69 Å². The van der Waals surface area contributed by atoms with Crippen LogP contribution in [0.5, 0.6) is 0 Å². The number of nitrogens with one attached hydrogen (secondary N) is 1. The van der Waals surface area contributed by atoms with E-state index in [1.54, 1.807) is 0 Å². The van der Waals surface area contributed by atoms with E-state index < -0.39 is 0 Å². The smallest absolute Gasteiger partial charge is 0.185 e. The van der Waals surface area contributed by atoms with E-state index in [1.165, 1.54) is 41.6 Å². The fourth-order valence-electron chi connectivity index (χ4n) is 2.84. The van der Waals surface area contributed by atoms with Crippen molar-refractivity contribution in [1.29, 1.82) is 0 Å². The summed E-state index contributed by atoms with van der Waals surface area (Å²) in [6, 6.07) is 0. The molecule has 1 aromatic rings. The van der Waals surface area contributed by atoms with E-state index >= 15 is 0 Å². The van der Waals surface area contributed by atoms with Crippen LogP contribution in [0.4, 0.5) is 5.13 Å². The predicted octanol–water partition coefficient (Wildman–Crippen LogP) is 2.42. The molecule has 0 atom stereocenters. The van der Waals surface area contributed by atoms with Crippen molar-refractivity contribution in [3.05, 3.63) is 10.6 Å². The molecular formula is C13H21N3S. The molecule has 0 amide bonds. The third kappa shape index (κ3) is 1.87. The molecule has 4 heteroatoms. The summed E-state index contributed by atoms with van der Waals surface area (Å²) in [5, 5.41) is 4.68. The lowest BCUT2D eigenvalue weighted by molar-refractivity contribution is 0.194. The van der Waals surface area contributed by atoms with Crippen LogP contribution < -0.4 is 10.2 Å². The normalized spacial score (nSPS) is 22.1. The first-order chi connectivity index (χ1) is 8.26. The first-order valence-electron chi connectivity index (χ1n) is 6.70. The average molecular weight is 251 g/mol. The lowest BCUT2D eigenvalue weighted by Gasteiger charge is -2.49. The Morgan fingerprint density at radius 3 is 2.76 bits per heavy atom. The predicted molar refractivity (Wildman–Crippen MR) is 72.8 cm³/mol. The Labute approximate surface area is 107 Å². The Hall–Kier alpha value is -0.610. The molecule has 3 heterocycles. The van der Waals surface area contributed by atoms with Gasteiger partial charge < -0.3 is 10.2 Å². The molecule has 1 saturated heterocycles. The number of thiazole rings is 1. The maximum Gasteiger partial charge on any atom is 0.185 e. The molecule has 0 aromatic carbocycles. The average Bonchev–Trinajstić information content (AvgIpc) is 2.72. The molecule has 2 aliphatic rings. The molecule has 3 rings (SSSR count). The van der Waals surface area contributed by atoms with E-state index in [2.05, 4.69) is 24.1 Å². The van der Waals surface area contributed by atoms with Crippen LogP contribution in [-0.2, 0) is 13.0 Å². The number of fused-ring (bicyclic) bond motifs is 1. The van der Waals surface area contributed by atoms with Crippen molar-refractivity contribution in [2.75, 3.05) is 24.5 Å². The van der Waals surface area contributed by atoms with Crippen molar-refractivity contribution >= 4 is 16.5 Å². The molecule has 17 heavy (non-hydrogen) atoms. The second kappa shape index (κ2) is 4.25. The van der Waals surface area contributed by atoms with Gasteiger partial charge in [0.1, 0.15) is 0 Å². The van der Waals surface area contributed by atoms with Crippen molar-refractivity contribution in [3.63, 3.8) is 0 Å². The number of nitrogens with zero attached hydrogens (tertiary/aromatic N) is 2. The molecule has 0 saturated carbocycles. The molecule has 94 valence electrons. The second-order valence-corrected chi connectivity index (χ2v) is 6.42. The summed E-state index contributed by atoms with van der Waals surface area (Å²) in [7, 11) is 0. The highest BCUT2D eigenvalue weighted by Gasteiger charge is 2.41. The first-order valence-corrected chi connectivity index (χ1v) is 7.52. The van der Waals surface area contributed by atoms with Crippen molar-refractivity contribution in [3.8, 4) is 0 Å². The van der Waals surface area contributed by atoms with Gasteiger partial charge in [0.25, 0.3) is 0 Å². The Bertz CT molecular complexity index is 377. The third-order valence-corrected chi connectivity index (χ3v) is 5.57. The summed E-state index contributed by atoms with van der Waals surface area (Å²) < 4.78 is 0. The van der Waals surface area contributed by atoms with Crippen molar-refractivity contribution in [1.82, 2.24) is 10.3 Å². The van der Waals surface area contributed by atoms with Crippen LogP contribution in [0.3, 0.4) is 0 Å². The van der Waals surface area contributed by atoms with E-state index in [4.69, 9.17) is 4.98 Å². The summed E-state index contributed by atoms with van der Waals surface area (Å²) >= 11 is 1.89. The van der Waals surface area contributed by atoms with Crippen LogP contribution in [0.1, 0.15) is 37.3 Å². The van der Waals surface area contributed by atoms with Crippen LogP contribution in [0.15, 0.2) is 0 Å². The van der Waals surface area contributed by atoms with Gasteiger partial charge in [-0.25, -0.2) is 4.98 Å². The molecule has 1 N–H and O–H groups in total. The number of aromatic nitrogens is 1. The summed E-state index contributed by atoms with van der Waals surface area (Å²) in [5.41, 5.74) is 1.92. The Kier molecular flexibility index (Phi) is 2.87. The number of hydrogen-bond donors (Lipinski definition) is 1. The van der Waals surface area contributed by atoms with Crippen molar-refractivity contribution < 1.29 is 0 Å². The highest BCUT2D eigenvalue weighted by atomic mass is 32.1. The number of rotatable bonds is 3. The molecule has 1 fully saturated rings. The van der Waals surface area contributed by atoms with Gasteiger partial charge in [-0.2, -0.15) is 0 Å². The molecule has 0 spiro atoms. The zero-order chi connectivity index (χ0) is 11.9. The monoisotopic (exact) mass is 251 g/mol. The Balaban J connectivity index is 1.72. The minimum absolute atomic E-state index is 0.574. The van der Waals surface area contributed by atoms with Gasteiger partial charge in [-0.15, -0.1) is 11.3 Å². The van der Waals surface area contributed by atoms with Crippen molar-refractivity contribution in [2.45, 2.75) is 39.7 Å². The van der Waals surface area contributed by atoms with Crippen LogP contribution in [0.25, 0.3) is 0 Å². The van der Waals surface area contributed by atoms with Gasteiger partial charge in [-0.3, -0.25) is 0 Å². The lowest BCUT2D eigenvalue weighted by Crippen LogP contribution is -2.55. The molecule has 0 bridgehead atoms. The highest BCUT2D eigenvalue weighted by molar-refractivity contribution is 7.15. The van der Waals surface area contributed by atoms with E-state index in [0.717, 1.165) is 19.5 Å². The maximum atomic E-state index is 4.81. The van der Waals surface area contributed by atoms with Crippen LogP contribution >= 0.6 is 11.3 Å². The van der Waals surface area contributed by atoms with Crippen LogP contribution in [0, 0.1) is 5.41 Å². The van der Waals surface area contributed by atoms with Gasteiger partial charge in [0, 0.05) is 42.9 Å².